The molecular weight excluding hydrogens is 469 g/mol. The van der Waals surface area contributed by atoms with Gasteiger partial charge in [-0.15, -0.1) is 12.4 Å². The molecule has 4 nitrogen and oxygen atoms in total. The first kappa shape index (κ1) is 26.5. The number of methoxy groups -OCH3 is 1. The molecule has 3 aromatic rings. The second-order valence-electron chi connectivity index (χ2n) is 8.53. The number of nitrogens with zero attached hydrogens (tertiary/aromatic N) is 1. The molecule has 0 bridgehead atoms. The van der Waals surface area contributed by atoms with Gasteiger partial charge in [-0.3, -0.25) is 4.90 Å². The van der Waals surface area contributed by atoms with Gasteiger partial charge >= 0.3 is 0 Å². The van der Waals surface area contributed by atoms with Crippen LogP contribution in [-0.2, 0) is 16.8 Å². The van der Waals surface area contributed by atoms with Crippen molar-refractivity contribution < 1.29 is 14.6 Å². The second kappa shape index (κ2) is 12.1. The number of hydrogen-bond acceptors (Lipinski definition) is 4. The van der Waals surface area contributed by atoms with E-state index in [0.29, 0.717) is 30.5 Å². The van der Waals surface area contributed by atoms with Gasteiger partial charge in [0.05, 0.1) is 20.3 Å². The van der Waals surface area contributed by atoms with Crippen LogP contribution in [0.15, 0.2) is 72.8 Å². The predicted octanol–water partition coefficient (Wildman–Crippen LogP) is 5.68. The second-order valence-corrected chi connectivity index (χ2v) is 8.97. The molecule has 2 unspecified atom stereocenters. The van der Waals surface area contributed by atoms with Crippen LogP contribution in [0.25, 0.3) is 0 Å². The van der Waals surface area contributed by atoms with Gasteiger partial charge in [-0.25, -0.2) is 0 Å². The molecule has 182 valence electrons. The molecule has 1 aliphatic rings. The molecule has 0 radical (unpaired) electrons. The third-order valence-electron chi connectivity index (χ3n) is 6.64. The number of halogens is 2. The summed E-state index contributed by atoms with van der Waals surface area (Å²) in [5.41, 5.74) is 2.55. The number of morpholine rings is 1. The summed E-state index contributed by atoms with van der Waals surface area (Å²) >= 11 is 6.23. The van der Waals surface area contributed by atoms with Crippen LogP contribution < -0.4 is 4.74 Å². The monoisotopic (exact) mass is 501 g/mol. The Bertz CT molecular complexity index is 1040. The number of aryl methyl sites for hydroxylation is 1. The van der Waals surface area contributed by atoms with Gasteiger partial charge in [0.1, 0.15) is 11.4 Å². The first-order valence-corrected chi connectivity index (χ1v) is 11.9. The number of rotatable bonds is 8. The van der Waals surface area contributed by atoms with E-state index in [0.717, 1.165) is 36.2 Å². The Morgan fingerprint density at radius 3 is 2.26 bits per heavy atom. The minimum Gasteiger partial charge on any atom is -0.496 e. The van der Waals surface area contributed by atoms with Crippen LogP contribution in [0.3, 0.4) is 0 Å². The maximum Gasteiger partial charge on any atom is 0.126 e. The van der Waals surface area contributed by atoms with E-state index in [-0.39, 0.29) is 18.3 Å². The first-order chi connectivity index (χ1) is 16.1. The maximum atomic E-state index is 12.8. The third-order valence-corrected chi connectivity index (χ3v) is 6.89. The van der Waals surface area contributed by atoms with Crippen molar-refractivity contribution in [1.82, 2.24) is 4.90 Å². The minimum atomic E-state index is -1.31. The van der Waals surface area contributed by atoms with Crippen molar-refractivity contribution in [2.24, 2.45) is 0 Å². The van der Waals surface area contributed by atoms with E-state index in [4.69, 9.17) is 21.1 Å². The molecule has 0 spiro atoms. The van der Waals surface area contributed by atoms with Crippen molar-refractivity contribution in [2.75, 3.05) is 40.0 Å². The zero-order valence-electron chi connectivity index (χ0n) is 19.7. The van der Waals surface area contributed by atoms with Crippen molar-refractivity contribution in [3.8, 4) is 5.75 Å². The van der Waals surface area contributed by atoms with E-state index in [1.54, 1.807) is 7.11 Å². The van der Waals surface area contributed by atoms with E-state index < -0.39 is 5.60 Å². The van der Waals surface area contributed by atoms with Crippen molar-refractivity contribution in [2.45, 2.75) is 24.9 Å². The Kier molecular flexibility index (Phi) is 9.40. The first-order valence-electron chi connectivity index (χ1n) is 11.6. The Balaban J connectivity index is 0.00000324. The number of ether oxygens (including phenoxy) is 2. The standard InChI is InChI=1S/C28H32ClNO3.ClH/c1-3-21-8-12-23(13-9-21)28(31,25-6-4-5-7-27(25)32-2)26(20-30-16-18-33-19-17-30)22-10-14-24(29)15-11-22;/h4-15,26,31H,3,16-20H2,1-2H3;1H. The van der Waals surface area contributed by atoms with Crippen molar-refractivity contribution in [3.63, 3.8) is 0 Å². The molecule has 1 aliphatic heterocycles. The van der Waals surface area contributed by atoms with E-state index in [2.05, 4.69) is 24.0 Å². The molecule has 1 fully saturated rings. The highest BCUT2D eigenvalue weighted by atomic mass is 35.5. The molecule has 0 amide bonds. The molecule has 34 heavy (non-hydrogen) atoms. The summed E-state index contributed by atoms with van der Waals surface area (Å²) in [6.07, 6.45) is 0.946. The zero-order chi connectivity index (χ0) is 23.3. The van der Waals surface area contributed by atoms with Crippen molar-refractivity contribution >= 4 is 24.0 Å². The van der Waals surface area contributed by atoms with Gasteiger partial charge in [0.15, 0.2) is 0 Å². The summed E-state index contributed by atoms with van der Waals surface area (Å²) in [5, 5.41) is 13.4. The fraction of sp³-hybridized carbons (Fsp3) is 0.357. The van der Waals surface area contributed by atoms with Crippen LogP contribution in [0.2, 0.25) is 5.02 Å². The molecule has 4 rings (SSSR count). The Labute approximate surface area is 213 Å². The quantitative estimate of drug-likeness (QED) is 0.430. The molecule has 3 aromatic carbocycles. The van der Waals surface area contributed by atoms with Gasteiger partial charge in [-0.05, 0) is 41.3 Å². The largest absolute Gasteiger partial charge is 0.496 e. The summed E-state index contributed by atoms with van der Waals surface area (Å²) < 4.78 is 11.3. The molecule has 1 heterocycles. The summed E-state index contributed by atoms with van der Waals surface area (Å²) in [6, 6.07) is 23.9. The molecule has 0 aromatic heterocycles. The summed E-state index contributed by atoms with van der Waals surface area (Å²) in [6.45, 7) is 5.88. The minimum absolute atomic E-state index is 0. The molecular formula is C28H33Cl2NO3. The smallest absolute Gasteiger partial charge is 0.126 e. The van der Waals surface area contributed by atoms with Crippen LogP contribution in [-0.4, -0.2) is 50.0 Å². The highest BCUT2D eigenvalue weighted by Crippen LogP contribution is 2.46. The lowest BCUT2D eigenvalue weighted by Gasteiger charge is -2.41. The number of aliphatic hydroxyl groups is 1. The Morgan fingerprint density at radius 2 is 1.65 bits per heavy atom. The summed E-state index contributed by atoms with van der Waals surface area (Å²) in [4.78, 5) is 2.36. The van der Waals surface area contributed by atoms with Crippen LogP contribution in [0.5, 0.6) is 5.75 Å². The van der Waals surface area contributed by atoms with Gasteiger partial charge in [-0.1, -0.05) is 73.1 Å². The SMILES string of the molecule is CCc1ccc(C(O)(c2ccccc2OC)C(CN2CCOCC2)c2ccc(Cl)cc2)cc1.Cl. The van der Waals surface area contributed by atoms with Crippen LogP contribution >= 0.6 is 24.0 Å². The molecule has 6 heteroatoms. The Hall–Kier alpha value is -2.08. The Morgan fingerprint density at radius 1 is 1.00 bits per heavy atom. The average Bonchev–Trinajstić information content (AvgIpc) is 2.88. The molecule has 1 saturated heterocycles. The fourth-order valence-corrected chi connectivity index (χ4v) is 4.84. The van der Waals surface area contributed by atoms with E-state index in [9.17, 15) is 5.11 Å². The van der Waals surface area contributed by atoms with Gasteiger partial charge in [0.2, 0.25) is 0 Å². The topological polar surface area (TPSA) is 41.9 Å². The highest BCUT2D eigenvalue weighted by molar-refractivity contribution is 6.30. The zero-order valence-corrected chi connectivity index (χ0v) is 21.3. The van der Waals surface area contributed by atoms with Gasteiger partial charge in [0, 0.05) is 36.1 Å². The normalized spacial score (nSPS) is 16.8. The lowest BCUT2D eigenvalue weighted by molar-refractivity contribution is -0.000140. The summed E-state index contributed by atoms with van der Waals surface area (Å²) in [5.74, 6) is 0.414. The van der Waals surface area contributed by atoms with Crippen LogP contribution in [0, 0.1) is 0 Å². The van der Waals surface area contributed by atoms with Crippen LogP contribution in [0.4, 0.5) is 0 Å². The molecule has 0 aliphatic carbocycles. The maximum absolute atomic E-state index is 12.8. The lowest BCUT2D eigenvalue weighted by atomic mass is 9.72. The number of para-hydroxylation sites is 1. The molecule has 0 saturated carbocycles. The number of hydrogen-bond donors (Lipinski definition) is 1. The molecule has 2 atom stereocenters. The van der Waals surface area contributed by atoms with Gasteiger partial charge in [0.25, 0.3) is 0 Å². The fourth-order valence-electron chi connectivity index (χ4n) is 4.71. The van der Waals surface area contributed by atoms with Crippen molar-refractivity contribution in [3.05, 3.63) is 100 Å². The number of benzene rings is 3. The predicted molar refractivity (Wildman–Crippen MR) is 141 cm³/mol. The third kappa shape index (κ3) is 5.59. The van der Waals surface area contributed by atoms with E-state index in [1.807, 2.05) is 60.7 Å². The van der Waals surface area contributed by atoms with Crippen molar-refractivity contribution in [1.29, 1.82) is 0 Å². The van der Waals surface area contributed by atoms with Crippen LogP contribution in [0.1, 0.15) is 35.1 Å². The lowest BCUT2D eigenvalue weighted by Crippen LogP contribution is -2.45. The van der Waals surface area contributed by atoms with Gasteiger partial charge in [-0.2, -0.15) is 0 Å². The average molecular weight is 502 g/mol. The van der Waals surface area contributed by atoms with Gasteiger partial charge < -0.3 is 14.6 Å². The summed E-state index contributed by atoms with van der Waals surface area (Å²) in [7, 11) is 1.65. The highest BCUT2D eigenvalue weighted by Gasteiger charge is 2.44. The van der Waals surface area contributed by atoms with E-state index in [1.165, 1.54) is 5.56 Å². The molecule has 1 N–H and O–H groups in total. The van der Waals surface area contributed by atoms with E-state index >= 15 is 0 Å².